The van der Waals surface area contributed by atoms with Gasteiger partial charge in [-0.15, -0.1) is 0 Å². The molecule has 0 bridgehead atoms. The van der Waals surface area contributed by atoms with Gasteiger partial charge in [-0.25, -0.2) is 4.98 Å². The number of likely N-dealkylation sites (N-methyl/N-ethyl adjacent to an activating group) is 1. The highest BCUT2D eigenvalue weighted by atomic mass is 15.3. The summed E-state index contributed by atoms with van der Waals surface area (Å²) in [5.41, 5.74) is 1.39. The predicted octanol–water partition coefficient (Wildman–Crippen LogP) is 1.99. The van der Waals surface area contributed by atoms with E-state index >= 15 is 0 Å². The minimum atomic E-state index is 0.592. The first-order chi connectivity index (χ1) is 9.78. The first-order valence-electron chi connectivity index (χ1n) is 7.91. The molecule has 4 heteroatoms. The summed E-state index contributed by atoms with van der Waals surface area (Å²) in [6.07, 6.45) is 4.70. The normalized spacial score (nSPS) is 25.3. The van der Waals surface area contributed by atoms with Gasteiger partial charge in [0, 0.05) is 38.4 Å². The summed E-state index contributed by atoms with van der Waals surface area (Å²) in [4.78, 5) is 12.1. The van der Waals surface area contributed by atoms with E-state index in [1.54, 1.807) is 0 Å². The number of hydrogen-bond acceptors (Lipinski definition) is 4. The van der Waals surface area contributed by atoms with E-state index in [0.29, 0.717) is 6.04 Å². The van der Waals surface area contributed by atoms with Crippen molar-refractivity contribution in [1.82, 2.24) is 14.8 Å². The molecule has 2 aliphatic heterocycles. The Morgan fingerprint density at radius 1 is 1.15 bits per heavy atom. The Hall–Kier alpha value is -1.13. The second-order valence-electron chi connectivity index (χ2n) is 6.03. The molecule has 3 rings (SSSR count). The number of aromatic nitrogens is 1. The first kappa shape index (κ1) is 13.8. The van der Waals surface area contributed by atoms with E-state index in [4.69, 9.17) is 4.98 Å². The van der Waals surface area contributed by atoms with Crippen LogP contribution >= 0.6 is 0 Å². The summed E-state index contributed by atoms with van der Waals surface area (Å²) in [7, 11) is 2.19. The van der Waals surface area contributed by atoms with Gasteiger partial charge in [-0.05, 0) is 44.6 Å². The second-order valence-corrected chi connectivity index (χ2v) is 6.03. The van der Waals surface area contributed by atoms with Gasteiger partial charge in [0.25, 0.3) is 0 Å². The van der Waals surface area contributed by atoms with Crippen LogP contribution in [-0.4, -0.2) is 61.1 Å². The van der Waals surface area contributed by atoms with Crippen LogP contribution in [0.1, 0.15) is 31.4 Å². The topological polar surface area (TPSA) is 22.6 Å². The molecule has 2 aliphatic rings. The van der Waals surface area contributed by atoms with Crippen molar-refractivity contribution in [3.05, 3.63) is 23.9 Å². The lowest BCUT2D eigenvalue weighted by Gasteiger charge is -2.33. The fraction of sp³-hybridized carbons (Fsp3) is 0.688. The maximum Gasteiger partial charge on any atom is 0.128 e. The molecule has 0 amide bonds. The highest BCUT2D eigenvalue weighted by molar-refractivity contribution is 5.40. The van der Waals surface area contributed by atoms with Gasteiger partial charge in [0.05, 0.1) is 0 Å². The van der Waals surface area contributed by atoms with Gasteiger partial charge in [-0.2, -0.15) is 0 Å². The number of nitrogens with zero attached hydrogens (tertiary/aromatic N) is 4. The SMILES string of the molecule is CCN1CCC[C@H]1c1ccc(N2CCN(C)CC2)nc1. The van der Waals surface area contributed by atoms with E-state index < -0.39 is 0 Å². The molecule has 110 valence electrons. The summed E-state index contributed by atoms with van der Waals surface area (Å²) in [5, 5.41) is 0. The Balaban J connectivity index is 1.68. The smallest absolute Gasteiger partial charge is 0.128 e. The third-order valence-corrected chi connectivity index (χ3v) is 4.75. The van der Waals surface area contributed by atoms with Crippen LogP contribution in [0.5, 0.6) is 0 Å². The molecule has 0 N–H and O–H groups in total. The zero-order valence-electron chi connectivity index (χ0n) is 12.8. The highest BCUT2D eigenvalue weighted by Crippen LogP contribution is 2.31. The van der Waals surface area contributed by atoms with Crippen molar-refractivity contribution in [3.63, 3.8) is 0 Å². The Morgan fingerprint density at radius 3 is 2.60 bits per heavy atom. The lowest BCUT2D eigenvalue weighted by molar-refractivity contribution is 0.271. The second kappa shape index (κ2) is 6.10. The standard InChI is InChI=1S/C16H26N4/c1-3-19-8-4-5-15(19)14-6-7-16(17-13-14)20-11-9-18(2)10-12-20/h6-7,13,15H,3-5,8-12H2,1-2H3/t15-/m0/s1. The van der Waals surface area contributed by atoms with Crippen molar-refractivity contribution in [2.75, 3.05) is 51.2 Å². The average molecular weight is 274 g/mol. The summed E-state index contributed by atoms with van der Waals surface area (Å²) in [5.74, 6) is 1.14. The maximum absolute atomic E-state index is 4.72. The van der Waals surface area contributed by atoms with Gasteiger partial charge in [0.2, 0.25) is 0 Å². The van der Waals surface area contributed by atoms with Crippen LogP contribution in [0, 0.1) is 0 Å². The molecule has 0 aromatic carbocycles. The van der Waals surface area contributed by atoms with Crippen molar-refractivity contribution >= 4 is 5.82 Å². The van der Waals surface area contributed by atoms with Crippen LogP contribution in [0.25, 0.3) is 0 Å². The molecule has 4 nitrogen and oxygen atoms in total. The van der Waals surface area contributed by atoms with E-state index in [9.17, 15) is 0 Å². The number of piperazine rings is 1. The van der Waals surface area contributed by atoms with Crippen LogP contribution in [-0.2, 0) is 0 Å². The highest BCUT2D eigenvalue weighted by Gasteiger charge is 2.25. The third-order valence-electron chi connectivity index (χ3n) is 4.75. The van der Waals surface area contributed by atoms with Crippen molar-refractivity contribution < 1.29 is 0 Å². The van der Waals surface area contributed by atoms with Crippen LogP contribution in [0.3, 0.4) is 0 Å². The van der Waals surface area contributed by atoms with Crippen molar-refractivity contribution in [2.24, 2.45) is 0 Å². The Kier molecular flexibility index (Phi) is 4.22. The van der Waals surface area contributed by atoms with E-state index in [0.717, 1.165) is 38.5 Å². The summed E-state index contributed by atoms with van der Waals surface area (Å²) >= 11 is 0. The number of rotatable bonds is 3. The Labute approximate surface area is 122 Å². The number of hydrogen-bond donors (Lipinski definition) is 0. The van der Waals surface area contributed by atoms with Gasteiger partial charge in [0.15, 0.2) is 0 Å². The van der Waals surface area contributed by atoms with E-state index in [1.165, 1.54) is 24.9 Å². The summed E-state index contributed by atoms with van der Waals surface area (Å²) in [6.45, 7) is 9.09. The van der Waals surface area contributed by atoms with E-state index in [1.807, 2.05) is 0 Å². The van der Waals surface area contributed by atoms with Gasteiger partial charge < -0.3 is 9.80 Å². The quantitative estimate of drug-likeness (QED) is 0.840. The van der Waals surface area contributed by atoms with Crippen molar-refractivity contribution in [1.29, 1.82) is 0 Å². The fourth-order valence-corrected chi connectivity index (χ4v) is 3.40. The molecule has 2 saturated heterocycles. The van der Waals surface area contributed by atoms with Gasteiger partial charge in [-0.3, -0.25) is 4.90 Å². The minimum Gasteiger partial charge on any atom is -0.354 e. The molecule has 1 aromatic rings. The average Bonchev–Trinajstić information content (AvgIpc) is 2.97. The molecule has 0 aliphatic carbocycles. The summed E-state index contributed by atoms with van der Waals surface area (Å²) < 4.78 is 0. The van der Waals surface area contributed by atoms with Crippen LogP contribution in [0.15, 0.2) is 18.3 Å². The molecule has 0 saturated carbocycles. The Bertz CT molecular complexity index is 423. The number of likely N-dealkylation sites (tertiary alicyclic amines) is 1. The largest absolute Gasteiger partial charge is 0.354 e. The van der Waals surface area contributed by atoms with Crippen LogP contribution in [0.4, 0.5) is 5.82 Å². The van der Waals surface area contributed by atoms with Crippen molar-refractivity contribution in [2.45, 2.75) is 25.8 Å². The molecule has 1 atom stereocenters. The summed E-state index contributed by atoms with van der Waals surface area (Å²) in [6, 6.07) is 5.10. The zero-order chi connectivity index (χ0) is 13.9. The van der Waals surface area contributed by atoms with Crippen LogP contribution < -0.4 is 4.90 Å². The van der Waals surface area contributed by atoms with E-state index in [2.05, 4.69) is 47.0 Å². The molecule has 0 radical (unpaired) electrons. The van der Waals surface area contributed by atoms with Gasteiger partial charge in [-0.1, -0.05) is 13.0 Å². The molecule has 20 heavy (non-hydrogen) atoms. The maximum atomic E-state index is 4.72. The van der Waals surface area contributed by atoms with Crippen LogP contribution in [0.2, 0.25) is 0 Å². The molecule has 3 heterocycles. The molecule has 0 unspecified atom stereocenters. The first-order valence-corrected chi connectivity index (χ1v) is 7.91. The minimum absolute atomic E-state index is 0.592. The predicted molar refractivity (Wildman–Crippen MR) is 83.2 cm³/mol. The fourth-order valence-electron chi connectivity index (χ4n) is 3.40. The molecule has 1 aromatic heterocycles. The van der Waals surface area contributed by atoms with Gasteiger partial charge in [0.1, 0.15) is 5.82 Å². The molecule has 0 spiro atoms. The molecular weight excluding hydrogens is 248 g/mol. The third kappa shape index (κ3) is 2.81. The lowest BCUT2D eigenvalue weighted by Crippen LogP contribution is -2.44. The number of pyridine rings is 1. The number of anilines is 1. The zero-order valence-corrected chi connectivity index (χ0v) is 12.8. The Morgan fingerprint density at radius 2 is 1.95 bits per heavy atom. The monoisotopic (exact) mass is 274 g/mol. The van der Waals surface area contributed by atoms with Crippen molar-refractivity contribution in [3.8, 4) is 0 Å². The molecule has 2 fully saturated rings. The molecular formula is C16H26N4. The van der Waals surface area contributed by atoms with E-state index in [-0.39, 0.29) is 0 Å². The van der Waals surface area contributed by atoms with Gasteiger partial charge >= 0.3 is 0 Å². The lowest BCUT2D eigenvalue weighted by atomic mass is 10.1.